The zero-order chi connectivity index (χ0) is 15.2. The van der Waals surface area contributed by atoms with Gasteiger partial charge >= 0.3 is 0 Å². The maximum atomic E-state index is 13.7. The smallest absolute Gasteiger partial charge is 0.167 e. The summed E-state index contributed by atoms with van der Waals surface area (Å²) < 4.78 is 24.1. The number of nitrogens with one attached hydrogen (secondary N) is 1. The van der Waals surface area contributed by atoms with Crippen LogP contribution in [0.2, 0.25) is 0 Å². The summed E-state index contributed by atoms with van der Waals surface area (Å²) in [5, 5.41) is 3.10. The maximum absolute atomic E-state index is 13.7. The highest BCUT2D eigenvalue weighted by molar-refractivity contribution is 5.66. The van der Waals surface area contributed by atoms with Crippen molar-refractivity contribution < 1.29 is 13.9 Å². The molecule has 21 heavy (non-hydrogen) atoms. The minimum atomic E-state index is -0.422. The van der Waals surface area contributed by atoms with Gasteiger partial charge in [0.2, 0.25) is 0 Å². The lowest BCUT2D eigenvalue weighted by Gasteiger charge is -2.12. The van der Waals surface area contributed by atoms with Crippen LogP contribution < -0.4 is 20.5 Å². The number of rotatable bonds is 6. The first-order valence-electron chi connectivity index (χ1n) is 6.76. The van der Waals surface area contributed by atoms with E-state index in [4.69, 9.17) is 15.2 Å². The third-order valence-corrected chi connectivity index (χ3v) is 2.84. The summed E-state index contributed by atoms with van der Waals surface area (Å²) in [6, 6.07) is 10.0. The molecule has 0 atom stereocenters. The van der Waals surface area contributed by atoms with E-state index >= 15 is 0 Å². The van der Waals surface area contributed by atoms with Crippen molar-refractivity contribution in [1.82, 2.24) is 0 Å². The van der Waals surface area contributed by atoms with Gasteiger partial charge in [-0.1, -0.05) is 6.92 Å². The first kappa shape index (κ1) is 15.0. The van der Waals surface area contributed by atoms with Crippen LogP contribution in [0.15, 0.2) is 36.4 Å². The summed E-state index contributed by atoms with van der Waals surface area (Å²) in [7, 11) is 1.43. The van der Waals surface area contributed by atoms with E-state index in [1.165, 1.54) is 13.2 Å². The second-order valence-electron chi connectivity index (χ2n) is 4.61. The molecule has 5 heteroatoms. The molecular formula is C16H19FN2O2. The van der Waals surface area contributed by atoms with Crippen molar-refractivity contribution in [3.8, 4) is 11.5 Å². The molecule has 0 aliphatic rings. The molecule has 0 aliphatic heterocycles. The third kappa shape index (κ3) is 4.02. The molecule has 0 unspecified atom stereocenters. The van der Waals surface area contributed by atoms with Crippen LogP contribution in [0.4, 0.5) is 21.5 Å². The van der Waals surface area contributed by atoms with Gasteiger partial charge in [0.05, 0.1) is 13.7 Å². The van der Waals surface area contributed by atoms with E-state index in [1.54, 1.807) is 24.3 Å². The summed E-state index contributed by atoms with van der Waals surface area (Å²) >= 11 is 0. The third-order valence-electron chi connectivity index (χ3n) is 2.84. The van der Waals surface area contributed by atoms with E-state index in [9.17, 15) is 4.39 Å². The lowest BCUT2D eigenvalue weighted by atomic mass is 10.2. The second-order valence-corrected chi connectivity index (χ2v) is 4.61. The predicted octanol–water partition coefficient (Wildman–Crippen LogP) is 3.95. The molecule has 0 fully saturated rings. The Morgan fingerprint density at radius 2 is 1.95 bits per heavy atom. The molecule has 3 N–H and O–H groups in total. The van der Waals surface area contributed by atoms with Gasteiger partial charge in [-0.3, -0.25) is 0 Å². The largest absolute Gasteiger partial charge is 0.494 e. The van der Waals surface area contributed by atoms with Gasteiger partial charge in [0, 0.05) is 35.3 Å². The van der Waals surface area contributed by atoms with Crippen molar-refractivity contribution in [3.05, 3.63) is 42.2 Å². The fourth-order valence-electron chi connectivity index (χ4n) is 1.91. The number of nitrogen functional groups attached to an aromatic ring is 1. The quantitative estimate of drug-likeness (QED) is 0.791. The van der Waals surface area contributed by atoms with Gasteiger partial charge < -0.3 is 20.5 Å². The Bertz CT molecular complexity index is 617. The Morgan fingerprint density at radius 1 is 1.14 bits per heavy atom. The number of methoxy groups -OCH3 is 1. The zero-order valence-corrected chi connectivity index (χ0v) is 12.2. The molecular weight excluding hydrogens is 271 g/mol. The van der Waals surface area contributed by atoms with E-state index in [2.05, 4.69) is 5.32 Å². The Kier molecular flexibility index (Phi) is 4.87. The lowest BCUT2D eigenvalue weighted by molar-refractivity contribution is 0.318. The first-order chi connectivity index (χ1) is 10.1. The van der Waals surface area contributed by atoms with Crippen LogP contribution in [0.25, 0.3) is 0 Å². The average molecular weight is 290 g/mol. The maximum Gasteiger partial charge on any atom is 0.167 e. The Hall–Kier alpha value is -2.43. The molecule has 2 aromatic carbocycles. The number of hydrogen-bond donors (Lipinski definition) is 2. The van der Waals surface area contributed by atoms with E-state index in [-0.39, 0.29) is 5.75 Å². The van der Waals surface area contributed by atoms with Gasteiger partial charge in [0.1, 0.15) is 5.75 Å². The van der Waals surface area contributed by atoms with Crippen LogP contribution in [0.1, 0.15) is 13.3 Å². The Morgan fingerprint density at radius 3 is 2.62 bits per heavy atom. The summed E-state index contributed by atoms with van der Waals surface area (Å²) in [6.07, 6.45) is 0.918. The second kappa shape index (κ2) is 6.83. The Labute approximate surface area is 123 Å². The van der Waals surface area contributed by atoms with Gasteiger partial charge in [-0.2, -0.15) is 0 Å². The van der Waals surface area contributed by atoms with E-state index in [0.29, 0.717) is 23.7 Å². The van der Waals surface area contributed by atoms with Crippen LogP contribution in [0.5, 0.6) is 11.5 Å². The van der Waals surface area contributed by atoms with Crippen LogP contribution in [0.3, 0.4) is 0 Å². The van der Waals surface area contributed by atoms with Crippen molar-refractivity contribution in [2.45, 2.75) is 13.3 Å². The highest BCUT2D eigenvalue weighted by Crippen LogP contribution is 2.27. The van der Waals surface area contributed by atoms with Crippen molar-refractivity contribution in [2.24, 2.45) is 0 Å². The van der Waals surface area contributed by atoms with Crippen LogP contribution >= 0.6 is 0 Å². The molecule has 0 spiro atoms. The summed E-state index contributed by atoms with van der Waals surface area (Å²) in [5.41, 5.74) is 7.78. The van der Waals surface area contributed by atoms with Crippen molar-refractivity contribution in [2.75, 3.05) is 24.8 Å². The molecule has 0 amide bonds. The number of hydrogen-bond acceptors (Lipinski definition) is 4. The lowest BCUT2D eigenvalue weighted by Crippen LogP contribution is -1.99. The molecule has 0 heterocycles. The molecule has 0 aromatic heterocycles. The van der Waals surface area contributed by atoms with Crippen LogP contribution in [-0.2, 0) is 0 Å². The molecule has 0 aliphatic carbocycles. The molecule has 0 bridgehead atoms. The summed E-state index contributed by atoms with van der Waals surface area (Å²) in [6.45, 7) is 2.66. The normalized spacial score (nSPS) is 10.2. The van der Waals surface area contributed by atoms with Crippen LogP contribution in [0, 0.1) is 5.82 Å². The SMILES string of the molecule is CCCOc1cc(N)cc(Nc2ccc(OC)c(F)c2)c1. The molecule has 112 valence electrons. The van der Waals surface area contributed by atoms with Gasteiger partial charge in [0.25, 0.3) is 0 Å². The molecule has 2 aromatic rings. The van der Waals surface area contributed by atoms with Gasteiger partial charge in [-0.25, -0.2) is 4.39 Å². The minimum absolute atomic E-state index is 0.208. The number of benzene rings is 2. The Balaban J connectivity index is 2.18. The summed E-state index contributed by atoms with van der Waals surface area (Å²) in [4.78, 5) is 0. The van der Waals surface area contributed by atoms with Crippen LogP contribution in [-0.4, -0.2) is 13.7 Å². The first-order valence-corrected chi connectivity index (χ1v) is 6.76. The van der Waals surface area contributed by atoms with Crippen molar-refractivity contribution in [3.63, 3.8) is 0 Å². The van der Waals surface area contributed by atoms with E-state index in [1.807, 2.05) is 13.0 Å². The van der Waals surface area contributed by atoms with Gasteiger partial charge in [-0.05, 0) is 24.6 Å². The highest BCUT2D eigenvalue weighted by Gasteiger charge is 2.05. The van der Waals surface area contributed by atoms with Gasteiger partial charge in [-0.15, -0.1) is 0 Å². The molecule has 0 saturated carbocycles. The average Bonchev–Trinajstić information content (AvgIpc) is 2.45. The number of ether oxygens (including phenoxy) is 2. The van der Waals surface area contributed by atoms with Gasteiger partial charge in [0.15, 0.2) is 11.6 Å². The standard InChI is InChI=1S/C16H19FN2O2/c1-3-6-21-14-8-11(18)7-13(9-14)19-12-4-5-16(20-2)15(17)10-12/h4-5,7-10,19H,3,6,18H2,1-2H3. The monoisotopic (exact) mass is 290 g/mol. The number of halogens is 1. The minimum Gasteiger partial charge on any atom is -0.494 e. The molecule has 0 saturated heterocycles. The summed E-state index contributed by atoms with van der Waals surface area (Å²) in [5.74, 6) is 0.474. The van der Waals surface area contributed by atoms with Crippen molar-refractivity contribution >= 4 is 17.1 Å². The predicted molar refractivity (Wildman–Crippen MR) is 82.9 cm³/mol. The van der Waals surface area contributed by atoms with E-state index < -0.39 is 5.82 Å². The zero-order valence-electron chi connectivity index (χ0n) is 12.2. The number of anilines is 3. The fourth-order valence-corrected chi connectivity index (χ4v) is 1.91. The number of nitrogens with two attached hydrogens (primary N) is 1. The molecule has 2 rings (SSSR count). The molecule has 4 nitrogen and oxygen atoms in total. The molecule has 0 radical (unpaired) electrons. The van der Waals surface area contributed by atoms with E-state index in [0.717, 1.165) is 12.1 Å². The topological polar surface area (TPSA) is 56.5 Å². The highest BCUT2D eigenvalue weighted by atomic mass is 19.1. The van der Waals surface area contributed by atoms with Crippen molar-refractivity contribution in [1.29, 1.82) is 0 Å². The fraction of sp³-hybridized carbons (Fsp3) is 0.250.